The number of rotatable bonds is 6. The number of methoxy groups -OCH3 is 2. The molecule has 0 radical (unpaired) electrons. The molecule has 0 aliphatic heterocycles. The Morgan fingerprint density at radius 3 is 2.50 bits per heavy atom. The Balaban J connectivity index is 1.90. The molecule has 4 aromatic rings. The normalized spacial score (nSPS) is 11.8. The van der Waals surface area contributed by atoms with E-state index in [1.807, 2.05) is 61.5 Å². The minimum absolute atomic E-state index is 0.133. The lowest BCUT2D eigenvalue weighted by Gasteiger charge is -2.23. The Morgan fingerprint density at radius 1 is 0.933 bits per heavy atom. The van der Waals surface area contributed by atoms with Gasteiger partial charge in [-0.15, -0.1) is 0 Å². The van der Waals surface area contributed by atoms with Gasteiger partial charge >= 0.3 is 0 Å². The number of phenols is 1. The number of aryl methyl sites for hydroxylation is 1. The van der Waals surface area contributed by atoms with E-state index in [0.29, 0.717) is 28.4 Å². The molecule has 0 saturated carbocycles. The van der Waals surface area contributed by atoms with Gasteiger partial charge in [0.2, 0.25) is 0 Å². The highest BCUT2D eigenvalue weighted by Crippen LogP contribution is 2.40. The van der Waals surface area contributed by atoms with Gasteiger partial charge in [0.15, 0.2) is 11.5 Å². The van der Waals surface area contributed by atoms with Gasteiger partial charge in [-0.3, -0.25) is 4.98 Å². The van der Waals surface area contributed by atoms with Crippen molar-refractivity contribution in [3.05, 3.63) is 83.7 Å². The zero-order valence-electron chi connectivity index (χ0n) is 17.1. The van der Waals surface area contributed by atoms with Crippen molar-refractivity contribution in [2.75, 3.05) is 19.5 Å². The molecule has 0 aliphatic carbocycles. The third kappa shape index (κ3) is 3.59. The number of aromatic hydroxyl groups is 1. The number of nitrogens with zero attached hydrogens (tertiary/aromatic N) is 2. The standard InChI is InChI=1S/C24H23N3O3/c1-15-13-17(14-19(29-2)24(15)30-3)21(27-20-8-4-5-11-25-20)18-10-9-16-7-6-12-26-22(16)23(18)28/h4-14,21,28H,1-3H3,(H,25,27). The molecule has 30 heavy (non-hydrogen) atoms. The molecule has 0 amide bonds. The first kappa shape index (κ1) is 19.5. The van der Waals surface area contributed by atoms with Crippen LogP contribution in [0.5, 0.6) is 17.2 Å². The molecular formula is C24H23N3O3. The summed E-state index contributed by atoms with van der Waals surface area (Å²) in [7, 11) is 3.23. The number of phenolic OH excluding ortho intramolecular Hbond substituents is 1. The molecule has 0 fully saturated rings. The van der Waals surface area contributed by atoms with E-state index in [2.05, 4.69) is 15.3 Å². The monoisotopic (exact) mass is 401 g/mol. The van der Waals surface area contributed by atoms with Crippen LogP contribution in [-0.2, 0) is 0 Å². The Labute approximate surface area is 175 Å². The van der Waals surface area contributed by atoms with Gasteiger partial charge in [0.1, 0.15) is 17.1 Å². The van der Waals surface area contributed by atoms with Crippen LogP contribution in [0.4, 0.5) is 5.82 Å². The Hall–Kier alpha value is -3.80. The van der Waals surface area contributed by atoms with Crippen molar-refractivity contribution in [2.45, 2.75) is 13.0 Å². The van der Waals surface area contributed by atoms with Crippen molar-refractivity contribution in [3.63, 3.8) is 0 Å². The molecule has 0 spiro atoms. The number of ether oxygens (including phenoxy) is 2. The van der Waals surface area contributed by atoms with Crippen LogP contribution in [0.2, 0.25) is 0 Å². The van der Waals surface area contributed by atoms with Gasteiger partial charge in [-0.25, -0.2) is 4.98 Å². The average molecular weight is 401 g/mol. The first-order chi connectivity index (χ1) is 14.6. The fourth-order valence-electron chi connectivity index (χ4n) is 3.66. The summed E-state index contributed by atoms with van der Waals surface area (Å²) < 4.78 is 11.0. The van der Waals surface area contributed by atoms with Gasteiger partial charge in [-0.05, 0) is 48.4 Å². The highest BCUT2D eigenvalue weighted by Gasteiger charge is 2.23. The molecule has 4 rings (SSSR count). The van der Waals surface area contributed by atoms with Gasteiger partial charge < -0.3 is 19.9 Å². The van der Waals surface area contributed by atoms with Crippen molar-refractivity contribution in [1.29, 1.82) is 0 Å². The van der Waals surface area contributed by atoms with Crippen LogP contribution in [0.25, 0.3) is 10.9 Å². The molecule has 2 N–H and O–H groups in total. The van der Waals surface area contributed by atoms with Gasteiger partial charge in [0.05, 0.1) is 20.3 Å². The van der Waals surface area contributed by atoms with Crippen molar-refractivity contribution in [1.82, 2.24) is 9.97 Å². The number of aromatic nitrogens is 2. The van der Waals surface area contributed by atoms with Gasteiger partial charge in [0.25, 0.3) is 0 Å². The number of anilines is 1. The lowest BCUT2D eigenvalue weighted by atomic mass is 9.94. The predicted octanol–water partition coefficient (Wildman–Crippen LogP) is 4.86. The molecule has 0 aliphatic rings. The number of hydrogen-bond acceptors (Lipinski definition) is 6. The quantitative estimate of drug-likeness (QED) is 0.480. The minimum Gasteiger partial charge on any atom is -0.505 e. The smallest absolute Gasteiger partial charge is 0.163 e. The molecule has 2 aromatic carbocycles. The highest BCUT2D eigenvalue weighted by molar-refractivity contribution is 5.86. The minimum atomic E-state index is -0.384. The summed E-state index contributed by atoms with van der Waals surface area (Å²) in [6.07, 6.45) is 3.40. The fourth-order valence-corrected chi connectivity index (χ4v) is 3.66. The van der Waals surface area contributed by atoms with Crippen molar-refractivity contribution in [2.24, 2.45) is 0 Å². The van der Waals surface area contributed by atoms with Crippen LogP contribution < -0.4 is 14.8 Å². The maximum absolute atomic E-state index is 11.1. The van der Waals surface area contributed by atoms with E-state index >= 15 is 0 Å². The molecular weight excluding hydrogens is 378 g/mol. The SMILES string of the molecule is COc1cc(C(Nc2ccccn2)c2ccc3cccnc3c2O)cc(C)c1OC. The topological polar surface area (TPSA) is 76.5 Å². The summed E-state index contributed by atoms with van der Waals surface area (Å²) in [5.41, 5.74) is 3.08. The fraction of sp³-hybridized carbons (Fsp3) is 0.167. The van der Waals surface area contributed by atoms with Crippen molar-refractivity contribution < 1.29 is 14.6 Å². The van der Waals surface area contributed by atoms with E-state index in [9.17, 15) is 5.11 Å². The first-order valence-corrected chi connectivity index (χ1v) is 9.59. The van der Waals surface area contributed by atoms with Crippen LogP contribution in [0.15, 0.2) is 67.0 Å². The van der Waals surface area contributed by atoms with Gasteiger partial charge in [0, 0.05) is 23.3 Å². The Kier molecular flexibility index (Phi) is 5.39. The van der Waals surface area contributed by atoms with E-state index in [1.54, 1.807) is 26.6 Å². The van der Waals surface area contributed by atoms with E-state index in [4.69, 9.17) is 9.47 Å². The van der Waals surface area contributed by atoms with E-state index in [1.165, 1.54) is 0 Å². The second kappa shape index (κ2) is 8.29. The second-order valence-electron chi connectivity index (χ2n) is 6.94. The van der Waals surface area contributed by atoms with Crippen LogP contribution in [0, 0.1) is 6.92 Å². The summed E-state index contributed by atoms with van der Waals surface area (Å²) in [4.78, 5) is 8.76. The third-order valence-electron chi connectivity index (χ3n) is 5.07. The molecule has 1 unspecified atom stereocenters. The lowest BCUT2D eigenvalue weighted by Crippen LogP contribution is -2.14. The Bertz CT molecular complexity index is 1180. The highest BCUT2D eigenvalue weighted by atomic mass is 16.5. The number of pyridine rings is 2. The van der Waals surface area contributed by atoms with Crippen LogP contribution >= 0.6 is 0 Å². The second-order valence-corrected chi connectivity index (χ2v) is 6.94. The predicted molar refractivity (Wildman–Crippen MR) is 117 cm³/mol. The molecule has 2 heterocycles. The summed E-state index contributed by atoms with van der Waals surface area (Å²) >= 11 is 0. The molecule has 2 aromatic heterocycles. The number of fused-ring (bicyclic) bond motifs is 1. The molecule has 152 valence electrons. The molecule has 1 atom stereocenters. The van der Waals surface area contributed by atoms with Crippen LogP contribution in [-0.4, -0.2) is 29.3 Å². The summed E-state index contributed by atoms with van der Waals surface area (Å²) in [6, 6.07) is 16.8. The summed E-state index contributed by atoms with van der Waals surface area (Å²) in [5.74, 6) is 2.13. The molecule has 0 bridgehead atoms. The number of nitrogens with one attached hydrogen (secondary N) is 1. The summed E-state index contributed by atoms with van der Waals surface area (Å²) in [5, 5.41) is 15.4. The zero-order chi connectivity index (χ0) is 21.1. The largest absolute Gasteiger partial charge is 0.505 e. The van der Waals surface area contributed by atoms with E-state index in [-0.39, 0.29) is 11.8 Å². The van der Waals surface area contributed by atoms with Crippen LogP contribution in [0.1, 0.15) is 22.7 Å². The first-order valence-electron chi connectivity index (χ1n) is 9.59. The molecule has 6 heteroatoms. The maximum Gasteiger partial charge on any atom is 0.163 e. The maximum atomic E-state index is 11.1. The van der Waals surface area contributed by atoms with Crippen molar-refractivity contribution in [3.8, 4) is 17.2 Å². The van der Waals surface area contributed by atoms with E-state index in [0.717, 1.165) is 16.5 Å². The number of hydrogen-bond donors (Lipinski definition) is 2. The zero-order valence-corrected chi connectivity index (χ0v) is 17.1. The third-order valence-corrected chi connectivity index (χ3v) is 5.07. The Morgan fingerprint density at radius 2 is 1.77 bits per heavy atom. The van der Waals surface area contributed by atoms with Crippen LogP contribution in [0.3, 0.4) is 0 Å². The van der Waals surface area contributed by atoms with Gasteiger partial charge in [-0.2, -0.15) is 0 Å². The van der Waals surface area contributed by atoms with Crippen molar-refractivity contribution >= 4 is 16.7 Å². The molecule has 0 saturated heterocycles. The number of benzene rings is 2. The van der Waals surface area contributed by atoms with Gasteiger partial charge in [-0.1, -0.05) is 24.3 Å². The van der Waals surface area contributed by atoms with E-state index < -0.39 is 0 Å². The molecule has 6 nitrogen and oxygen atoms in total. The summed E-state index contributed by atoms with van der Waals surface area (Å²) in [6.45, 7) is 1.96. The average Bonchev–Trinajstić information content (AvgIpc) is 2.78. The lowest BCUT2D eigenvalue weighted by molar-refractivity contribution is 0.352.